The molecule has 1 amide bonds. The Morgan fingerprint density at radius 1 is 0.958 bits per heavy atom. The Morgan fingerprint density at radius 2 is 1.71 bits per heavy atom. The predicted octanol–water partition coefficient (Wildman–Crippen LogP) is 3.95. The van der Waals surface area contributed by atoms with Gasteiger partial charge in [0, 0.05) is 23.7 Å². The van der Waals surface area contributed by atoms with E-state index in [9.17, 15) is 4.79 Å². The van der Waals surface area contributed by atoms with Crippen LogP contribution in [-0.2, 0) is 13.1 Å². The molecule has 24 heavy (non-hydrogen) atoms. The first kappa shape index (κ1) is 14.8. The molecular weight excluding hydrogens is 322 g/mol. The Kier molecular flexibility index (Phi) is 3.75. The smallest absolute Gasteiger partial charge is 0.273 e. The lowest BCUT2D eigenvalue weighted by Gasteiger charge is -2.15. The first-order valence-corrected chi connectivity index (χ1v) is 8.02. The third-order valence-electron chi connectivity index (χ3n) is 4.13. The van der Waals surface area contributed by atoms with Crippen molar-refractivity contribution in [2.24, 2.45) is 0 Å². The molecule has 0 saturated carbocycles. The van der Waals surface area contributed by atoms with Gasteiger partial charge in [-0.1, -0.05) is 48.0 Å². The van der Waals surface area contributed by atoms with Gasteiger partial charge in [-0.15, -0.1) is 0 Å². The molecule has 0 atom stereocenters. The summed E-state index contributed by atoms with van der Waals surface area (Å²) in [6, 6.07) is 17.2. The lowest BCUT2D eigenvalue weighted by molar-refractivity contribution is 0.0745. The zero-order valence-corrected chi connectivity index (χ0v) is 13.6. The largest absolute Gasteiger partial charge is 0.329 e. The maximum absolute atomic E-state index is 12.8. The lowest BCUT2D eigenvalue weighted by atomic mass is 10.1. The summed E-state index contributed by atoms with van der Waals surface area (Å²) in [6.45, 7) is 1.23. The number of carbonyl (C=O) groups is 1. The van der Waals surface area contributed by atoms with E-state index in [1.807, 2.05) is 30.3 Å². The second-order valence-corrected chi connectivity index (χ2v) is 6.17. The third kappa shape index (κ3) is 2.76. The highest BCUT2D eigenvalue weighted by molar-refractivity contribution is 6.30. The van der Waals surface area contributed by atoms with Gasteiger partial charge < -0.3 is 4.90 Å². The monoisotopic (exact) mass is 335 g/mol. The molecule has 0 N–H and O–H groups in total. The van der Waals surface area contributed by atoms with Gasteiger partial charge in [-0.3, -0.25) is 4.79 Å². The van der Waals surface area contributed by atoms with Crippen molar-refractivity contribution < 1.29 is 4.79 Å². The van der Waals surface area contributed by atoms with E-state index >= 15 is 0 Å². The van der Waals surface area contributed by atoms with Gasteiger partial charge in [0.2, 0.25) is 0 Å². The maximum Gasteiger partial charge on any atom is 0.273 e. The van der Waals surface area contributed by atoms with E-state index in [0.717, 1.165) is 5.56 Å². The van der Waals surface area contributed by atoms with Gasteiger partial charge in [-0.2, -0.15) is 0 Å². The van der Waals surface area contributed by atoms with Gasteiger partial charge in [0.15, 0.2) is 0 Å². The van der Waals surface area contributed by atoms with Gasteiger partial charge in [0.05, 0.1) is 5.69 Å². The summed E-state index contributed by atoms with van der Waals surface area (Å²) in [5, 5.41) is 0.633. The number of benzene rings is 2. The number of amides is 1. The van der Waals surface area contributed by atoms with Crippen LogP contribution in [0.3, 0.4) is 0 Å². The number of fused-ring (bicyclic) bond motifs is 1. The Bertz CT molecular complexity index is 901. The van der Waals surface area contributed by atoms with E-state index < -0.39 is 0 Å². The molecule has 0 fully saturated rings. The third-order valence-corrected chi connectivity index (χ3v) is 4.37. The van der Waals surface area contributed by atoms with Crippen LogP contribution in [-0.4, -0.2) is 20.8 Å². The molecule has 0 saturated heterocycles. The molecule has 2 heterocycles. The zero-order chi connectivity index (χ0) is 16.5. The average molecular weight is 336 g/mol. The highest BCUT2D eigenvalue weighted by Crippen LogP contribution is 2.25. The van der Waals surface area contributed by atoms with Crippen molar-refractivity contribution in [1.29, 1.82) is 0 Å². The van der Waals surface area contributed by atoms with Crippen molar-refractivity contribution in [3.8, 4) is 11.3 Å². The fraction of sp³-hybridized carbons (Fsp3) is 0.105. The first-order valence-electron chi connectivity index (χ1n) is 7.65. The molecule has 0 unspecified atom stereocenters. The van der Waals surface area contributed by atoms with E-state index in [1.165, 1.54) is 17.5 Å². The SMILES string of the molecule is O=C(c1cc(-c2cccc(Cl)c2)ncn1)N1Cc2ccccc2C1. The van der Waals surface area contributed by atoms with Crippen LogP contribution in [0.5, 0.6) is 0 Å². The number of rotatable bonds is 2. The Labute approximate surface area is 144 Å². The first-order chi connectivity index (χ1) is 11.7. The quantitative estimate of drug-likeness (QED) is 0.712. The molecule has 1 aliphatic heterocycles. The van der Waals surface area contributed by atoms with Crippen molar-refractivity contribution in [3.63, 3.8) is 0 Å². The van der Waals surface area contributed by atoms with Crippen LogP contribution in [0.2, 0.25) is 5.02 Å². The van der Waals surface area contributed by atoms with Gasteiger partial charge in [-0.25, -0.2) is 9.97 Å². The maximum atomic E-state index is 12.8. The van der Waals surface area contributed by atoms with Crippen molar-refractivity contribution >= 4 is 17.5 Å². The summed E-state index contributed by atoms with van der Waals surface area (Å²) in [7, 11) is 0. The fourth-order valence-electron chi connectivity index (χ4n) is 2.92. The highest BCUT2D eigenvalue weighted by Gasteiger charge is 2.25. The lowest BCUT2D eigenvalue weighted by Crippen LogP contribution is -2.26. The summed E-state index contributed by atoms with van der Waals surface area (Å²) in [5.41, 5.74) is 4.33. The van der Waals surface area contributed by atoms with Crippen LogP contribution in [0, 0.1) is 0 Å². The molecule has 2 aromatic carbocycles. The van der Waals surface area contributed by atoms with Crippen LogP contribution in [0.25, 0.3) is 11.3 Å². The molecule has 118 valence electrons. The van der Waals surface area contributed by atoms with Crippen LogP contribution in [0.4, 0.5) is 0 Å². The Morgan fingerprint density at radius 3 is 2.42 bits per heavy atom. The van der Waals surface area contributed by atoms with Gasteiger partial charge in [-0.05, 0) is 29.3 Å². The number of halogens is 1. The minimum absolute atomic E-state index is 0.0862. The van der Waals surface area contributed by atoms with Crippen molar-refractivity contribution in [2.45, 2.75) is 13.1 Å². The molecule has 1 aromatic heterocycles. The molecule has 0 aliphatic carbocycles. The molecule has 3 aromatic rings. The van der Waals surface area contributed by atoms with Gasteiger partial charge in [0.1, 0.15) is 12.0 Å². The molecule has 0 radical (unpaired) electrons. The van der Waals surface area contributed by atoms with Gasteiger partial charge in [0.25, 0.3) is 5.91 Å². The molecule has 4 nitrogen and oxygen atoms in total. The van der Waals surface area contributed by atoms with E-state index in [1.54, 1.807) is 17.0 Å². The predicted molar refractivity (Wildman–Crippen MR) is 92.5 cm³/mol. The van der Waals surface area contributed by atoms with E-state index in [4.69, 9.17) is 11.6 Å². The Balaban J connectivity index is 1.61. The standard InChI is InChI=1S/C19H14ClN3O/c20-16-7-3-6-13(8-16)17-9-18(22-12-21-17)19(24)23-10-14-4-1-2-5-15(14)11-23/h1-9,12H,10-11H2. The summed E-state index contributed by atoms with van der Waals surface area (Å²) in [6.07, 6.45) is 1.42. The number of hydrogen-bond acceptors (Lipinski definition) is 3. The van der Waals surface area contributed by atoms with Crippen LogP contribution in [0.1, 0.15) is 21.6 Å². The average Bonchev–Trinajstić information content (AvgIpc) is 3.05. The number of nitrogens with zero attached hydrogens (tertiary/aromatic N) is 3. The van der Waals surface area contributed by atoms with E-state index in [-0.39, 0.29) is 5.91 Å². The van der Waals surface area contributed by atoms with Crippen LogP contribution < -0.4 is 0 Å². The van der Waals surface area contributed by atoms with Crippen molar-refractivity contribution in [1.82, 2.24) is 14.9 Å². The fourth-order valence-corrected chi connectivity index (χ4v) is 3.11. The minimum Gasteiger partial charge on any atom is -0.329 e. The topological polar surface area (TPSA) is 46.1 Å². The zero-order valence-electron chi connectivity index (χ0n) is 12.8. The second kappa shape index (κ2) is 6.06. The molecule has 0 spiro atoms. The molecule has 0 bridgehead atoms. The van der Waals surface area contributed by atoms with Crippen LogP contribution >= 0.6 is 11.6 Å². The highest BCUT2D eigenvalue weighted by atomic mass is 35.5. The van der Waals surface area contributed by atoms with Crippen molar-refractivity contribution in [2.75, 3.05) is 0 Å². The molecule has 4 rings (SSSR count). The minimum atomic E-state index is -0.0862. The Hall–Kier alpha value is -2.72. The number of aromatic nitrogens is 2. The number of carbonyl (C=O) groups excluding carboxylic acids is 1. The summed E-state index contributed by atoms with van der Waals surface area (Å²) >= 11 is 6.03. The normalized spacial score (nSPS) is 13.0. The second-order valence-electron chi connectivity index (χ2n) is 5.73. The number of hydrogen-bond donors (Lipinski definition) is 0. The van der Waals surface area contributed by atoms with E-state index in [0.29, 0.717) is 29.5 Å². The van der Waals surface area contributed by atoms with E-state index in [2.05, 4.69) is 22.1 Å². The summed E-state index contributed by atoms with van der Waals surface area (Å²) in [5.74, 6) is -0.0862. The molecular formula is C19H14ClN3O. The summed E-state index contributed by atoms with van der Waals surface area (Å²) in [4.78, 5) is 23.0. The molecule has 5 heteroatoms. The summed E-state index contributed by atoms with van der Waals surface area (Å²) < 4.78 is 0. The van der Waals surface area contributed by atoms with Crippen molar-refractivity contribution in [3.05, 3.63) is 82.8 Å². The molecule has 1 aliphatic rings. The van der Waals surface area contributed by atoms with Crippen LogP contribution in [0.15, 0.2) is 60.9 Å². The van der Waals surface area contributed by atoms with Gasteiger partial charge >= 0.3 is 0 Å².